The maximum atomic E-state index is 9.01. The number of aliphatic hydroxyl groups excluding tert-OH is 1. The molecule has 19 heavy (non-hydrogen) atoms. The lowest BCUT2D eigenvalue weighted by atomic mass is 9.90. The largest absolute Gasteiger partial charge is 0.444 e. The van der Waals surface area contributed by atoms with Crippen LogP contribution in [0.3, 0.4) is 0 Å². The van der Waals surface area contributed by atoms with Gasteiger partial charge >= 0.3 is 0 Å². The Morgan fingerprint density at radius 3 is 2.79 bits per heavy atom. The monoisotopic (exact) mass is 281 g/mol. The zero-order valence-corrected chi connectivity index (χ0v) is 12.1. The predicted octanol–water partition coefficient (Wildman–Crippen LogP) is 3.58. The minimum atomic E-state index is 0.0702. The molecule has 4 heteroatoms. The van der Waals surface area contributed by atoms with Gasteiger partial charge in [-0.3, -0.25) is 0 Å². The molecule has 3 nitrogen and oxygen atoms in total. The van der Waals surface area contributed by atoms with Crippen LogP contribution in [0.2, 0.25) is 5.22 Å². The summed E-state index contributed by atoms with van der Waals surface area (Å²) >= 11 is 6.13. The molecule has 1 aromatic carbocycles. The van der Waals surface area contributed by atoms with Gasteiger partial charge in [-0.1, -0.05) is 32.0 Å². The van der Waals surface area contributed by atoms with Crippen LogP contribution in [-0.2, 0) is 6.54 Å². The molecule has 1 heterocycles. The van der Waals surface area contributed by atoms with E-state index >= 15 is 0 Å². The highest BCUT2D eigenvalue weighted by atomic mass is 35.5. The molecule has 0 saturated heterocycles. The molecule has 0 unspecified atom stereocenters. The highest BCUT2D eigenvalue weighted by molar-refractivity contribution is 6.30. The zero-order valence-electron chi connectivity index (χ0n) is 11.4. The van der Waals surface area contributed by atoms with Crippen molar-refractivity contribution in [2.45, 2.75) is 26.8 Å². The van der Waals surface area contributed by atoms with Crippen molar-refractivity contribution in [1.82, 2.24) is 5.32 Å². The number of nitrogens with one attached hydrogen (secondary N) is 1. The lowest BCUT2D eigenvalue weighted by molar-refractivity contribution is 0.207. The minimum absolute atomic E-state index is 0.0702. The molecule has 0 radical (unpaired) electrons. The van der Waals surface area contributed by atoms with E-state index in [-0.39, 0.29) is 12.0 Å². The number of aliphatic hydroxyl groups is 1. The maximum Gasteiger partial charge on any atom is 0.199 e. The predicted molar refractivity (Wildman–Crippen MR) is 78.4 cm³/mol. The molecule has 0 amide bonds. The molecule has 2 N–H and O–H groups in total. The summed E-state index contributed by atoms with van der Waals surface area (Å²) < 4.78 is 5.51. The van der Waals surface area contributed by atoms with Gasteiger partial charge in [0.05, 0.1) is 0 Å². The first kappa shape index (κ1) is 14.4. The van der Waals surface area contributed by atoms with E-state index in [2.05, 4.69) is 19.2 Å². The van der Waals surface area contributed by atoms with Crippen molar-refractivity contribution in [2.75, 3.05) is 13.2 Å². The second kappa shape index (κ2) is 5.95. The van der Waals surface area contributed by atoms with Gasteiger partial charge in [0, 0.05) is 30.6 Å². The third kappa shape index (κ3) is 3.50. The first-order valence-corrected chi connectivity index (χ1v) is 6.89. The van der Waals surface area contributed by atoms with Crippen molar-refractivity contribution in [3.8, 4) is 0 Å². The molecule has 2 aromatic rings. The SMILES string of the molecule is CC(C)(CCO)CNCc1c(Cl)oc2ccccc12. The summed E-state index contributed by atoms with van der Waals surface area (Å²) in [6.45, 7) is 5.97. The van der Waals surface area contributed by atoms with Crippen molar-refractivity contribution in [3.05, 3.63) is 35.0 Å². The Kier molecular flexibility index (Phi) is 4.50. The van der Waals surface area contributed by atoms with Gasteiger partial charge in [0.25, 0.3) is 0 Å². The van der Waals surface area contributed by atoms with Crippen LogP contribution in [0.15, 0.2) is 28.7 Å². The van der Waals surface area contributed by atoms with Gasteiger partial charge in [-0.05, 0) is 29.5 Å². The number of hydrogen-bond acceptors (Lipinski definition) is 3. The summed E-state index contributed by atoms with van der Waals surface area (Å²) in [5, 5.41) is 13.9. The van der Waals surface area contributed by atoms with Crippen LogP contribution in [0.25, 0.3) is 11.0 Å². The minimum Gasteiger partial charge on any atom is -0.444 e. The average Bonchev–Trinajstić information content (AvgIpc) is 2.66. The molecule has 0 bridgehead atoms. The van der Waals surface area contributed by atoms with E-state index in [1.807, 2.05) is 24.3 Å². The van der Waals surface area contributed by atoms with E-state index in [9.17, 15) is 0 Å². The van der Waals surface area contributed by atoms with Gasteiger partial charge in [0.2, 0.25) is 0 Å². The Labute approximate surface area is 118 Å². The van der Waals surface area contributed by atoms with E-state index in [1.54, 1.807) is 0 Å². The topological polar surface area (TPSA) is 45.4 Å². The first-order chi connectivity index (χ1) is 9.03. The second-order valence-corrected chi connectivity index (χ2v) is 5.94. The molecule has 2 rings (SSSR count). The standard InChI is InChI=1S/C15H20ClNO2/c1-15(2,7-8-18)10-17-9-12-11-5-3-4-6-13(11)19-14(12)16/h3-6,17-18H,7-10H2,1-2H3. The van der Waals surface area contributed by atoms with Crippen LogP contribution >= 0.6 is 11.6 Å². The smallest absolute Gasteiger partial charge is 0.199 e. The zero-order chi connectivity index (χ0) is 13.9. The molecule has 0 atom stereocenters. The van der Waals surface area contributed by atoms with E-state index in [1.165, 1.54) is 0 Å². The summed E-state index contributed by atoms with van der Waals surface area (Å²) in [4.78, 5) is 0. The van der Waals surface area contributed by atoms with Gasteiger partial charge in [-0.25, -0.2) is 0 Å². The van der Waals surface area contributed by atoms with Crippen LogP contribution in [0.5, 0.6) is 0 Å². The lowest BCUT2D eigenvalue weighted by Crippen LogP contribution is -2.29. The number of benzene rings is 1. The fraction of sp³-hybridized carbons (Fsp3) is 0.467. The van der Waals surface area contributed by atoms with Gasteiger partial charge in [-0.2, -0.15) is 0 Å². The quantitative estimate of drug-likeness (QED) is 0.851. The molecular weight excluding hydrogens is 262 g/mol. The average molecular weight is 282 g/mol. The number of hydrogen-bond donors (Lipinski definition) is 2. The Bertz CT molecular complexity index is 548. The third-order valence-electron chi connectivity index (χ3n) is 3.34. The van der Waals surface area contributed by atoms with Crippen LogP contribution in [0.1, 0.15) is 25.8 Å². The number of halogens is 1. The first-order valence-electron chi connectivity index (χ1n) is 6.51. The van der Waals surface area contributed by atoms with E-state index < -0.39 is 0 Å². The Hall–Kier alpha value is -1.03. The summed E-state index contributed by atoms with van der Waals surface area (Å²) in [7, 11) is 0. The maximum absolute atomic E-state index is 9.01. The van der Waals surface area contributed by atoms with Crippen molar-refractivity contribution >= 4 is 22.6 Å². The molecule has 0 saturated carbocycles. The van der Waals surface area contributed by atoms with Crippen LogP contribution in [0.4, 0.5) is 0 Å². The summed E-state index contributed by atoms with van der Waals surface area (Å²) in [6.07, 6.45) is 0.778. The van der Waals surface area contributed by atoms with E-state index in [0.29, 0.717) is 11.8 Å². The molecule has 0 aliphatic heterocycles. The van der Waals surface area contributed by atoms with Crippen LogP contribution in [0, 0.1) is 5.41 Å². The highest BCUT2D eigenvalue weighted by Crippen LogP contribution is 2.29. The van der Waals surface area contributed by atoms with Gasteiger partial charge < -0.3 is 14.8 Å². The van der Waals surface area contributed by atoms with Gasteiger partial charge in [0.1, 0.15) is 5.58 Å². The lowest BCUT2D eigenvalue weighted by Gasteiger charge is -2.23. The fourth-order valence-electron chi connectivity index (χ4n) is 2.15. The van der Waals surface area contributed by atoms with Crippen molar-refractivity contribution in [1.29, 1.82) is 0 Å². The van der Waals surface area contributed by atoms with Crippen LogP contribution in [-0.4, -0.2) is 18.3 Å². The molecule has 0 fully saturated rings. The molecule has 0 aliphatic rings. The summed E-state index contributed by atoms with van der Waals surface area (Å²) in [5.74, 6) is 0. The third-order valence-corrected chi connectivity index (χ3v) is 3.65. The van der Waals surface area contributed by atoms with Gasteiger partial charge in [-0.15, -0.1) is 0 Å². The molecule has 0 aliphatic carbocycles. The summed E-state index contributed by atoms with van der Waals surface area (Å²) in [5.41, 5.74) is 1.89. The number of furan rings is 1. The summed E-state index contributed by atoms with van der Waals surface area (Å²) in [6, 6.07) is 7.85. The Morgan fingerprint density at radius 2 is 2.05 bits per heavy atom. The van der Waals surface area contributed by atoms with Crippen molar-refractivity contribution in [2.24, 2.45) is 5.41 Å². The van der Waals surface area contributed by atoms with Gasteiger partial charge in [0.15, 0.2) is 5.22 Å². The van der Waals surface area contributed by atoms with E-state index in [0.717, 1.165) is 29.5 Å². The molecule has 104 valence electrons. The van der Waals surface area contributed by atoms with E-state index in [4.69, 9.17) is 21.1 Å². The number of rotatable bonds is 6. The number of para-hydroxylation sites is 1. The number of fused-ring (bicyclic) bond motifs is 1. The molecule has 1 aromatic heterocycles. The fourth-order valence-corrected chi connectivity index (χ4v) is 2.40. The van der Waals surface area contributed by atoms with Crippen LogP contribution < -0.4 is 5.32 Å². The van der Waals surface area contributed by atoms with Crippen molar-refractivity contribution < 1.29 is 9.52 Å². The molecule has 0 spiro atoms. The Morgan fingerprint density at radius 1 is 1.32 bits per heavy atom. The Balaban J connectivity index is 2.04. The molecular formula is C15H20ClNO2. The van der Waals surface area contributed by atoms with Crippen molar-refractivity contribution in [3.63, 3.8) is 0 Å². The second-order valence-electron chi connectivity index (χ2n) is 5.59. The highest BCUT2D eigenvalue weighted by Gasteiger charge is 2.18. The normalized spacial score (nSPS) is 12.2.